The average Bonchev–Trinajstić information content (AvgIpc) is 3.24. The minimum absolute atomic E-state index is 0.0307. The third-order valence-electron chi connectivity index (χ3n) is 6.41. The van der Waals surface area contributed by atoms with E-state index in [2.05, 4.69) is 23.7 Å². The number of nitrogens with zero attached hydrogens (tertiary/aromatic N) is 2. The van der Waals surface area contributed by atoms with Crippen LogP contribution in [0.4, 0.5) is 10.5 Å². The van der Waals surface area contributed by atoms with E-state index in [1.54, 1.807) is 16.2 Å². The Kier molecular flexibility index (Phi) is 8.88. The van der Waals surface area contributed by atoms with Gasteiger partial charge in [-0.15, -0.1) is 11.3 Å². The van der Waals surface area contributed by atoms with E-state index in [4.69, 9.17) is 0 Å². The molecule has 3 amide bonds. The number of aryl methyl sites for hydroxylation is 2. The molecule has 0 radical (unpaired) electrons. The maximum Gasteiger partial charge on any atom is 0.322 e. The SMILES string of the molecule is CCC(C)N(CC(=O)N(Cc1ccccc1)Cc1sccc1C)C(=O)Nc1cccc(C)c1C. The fourth-order valence-electron chi connectivity index (χ4n) is 3.74. The van der Waals surface area contributed by atoms with Crippen molar-refractivity contribution >= 4 is 29.0 Å². The molecule has 5 nitrogen and oxygen atoms in total. The number of hydrogen-bond acceptors (Lipinski definition) is 3. The maximum absolute atomic E-state index is 13.6. The average molecular weight is 478 g/mol. The molecule has 0 spiro atoms. The number of benzene rings is 2. The molecule has 1 atom stereocenters. The van der Waals surface area contributed by atoms with Crippen molar-refractivity contribution in [1.29, 1.82) is 0 Å². The first-order chi connectivity index (χ1) is 16.3. The molecule has 3 rings (SSSR count). The highest BCUT2D eigenvalue weighted by molar-refractivity contribution is 7.10. The van der Waals surface area contributed by atoms with Crippen LogP contribution >= 0.6 is 11.3 Å². The zero-order valence-electron chi connectivity index (χ0n) is 20.8. The van der Waals surface area contributed by atoms with E-state index < -0.39 is 0 Å². The Morgan fingerprint density at radius 1 is 0.941 bits per heavy atom. The first kappa shape index (κ1) is 25.5. The van der Waals surface area contributed by atoms with Crippen molar-refractivity contribution in [3.8, 4) is 0 Å². The second kappa shape index (κ2) is 11.8. The number of carbonyl (C=O) groups excluding carboxylic acids is 2. The van der Waals surface area contributed by atoms with Gasteiger partial charge in [0.15, 0.2) is 0 Å². The van der Waals surface area contributed by atoms with E-state index in [0.717, 1.165) is 28.8 Å². The normalized spacial score (nSPS) is 11.7. The van der Waals surface area contributed by atoms with Gasteiger partial charge >= 0.3 is 6.03 Å². The van der Waals surface area contributed by atoms with Crippen LogP contribution in [0.25, 0.3) is 0 Å². The van der Waals surface area contributed by atoms with Crippen LogP contribution in [0.5, 0.6) is 0 Å². The molecule has 1 aromatic heterocycles. The van der Waals surface area contributed by atoms with E-state index >= 15 is 0 Å². The number of urea groups is 1. The van der Waals surface area contributed by atoms with Gasteiger partial charge in [0.05, 0.1) is 6.54 Å². The third-order valence-corrected chi connectivity index (χ3v) is 7.41. The van der Waals surface area contributed by atoms with E-state index in [1.165, 1.54) is 10.4 Å². The van der Waals surface area contributed by atoms with Crippen molar-refractivity contribution in [3.63, 3.8) is 0 Å². The zero-order valence-corrected chi connectivity index (χ0v) is 21.6. The molecule has 6 heteroatoms. The first-order valence-corrected chi connectivity index (χ1v) is 12.7. The van der Waals surface area contributed by atoms with Crippen LogP contribution in [0.2, 0.25) is 0 Å². The largest absolute Gasteiger partial charge is 0.332 e. The zero-order chi connectivity index (χ0) is 24.7. The fourth-order valence-corrected chi connectivity index (χ4v) is 4.66. The number of thiophene rings is 1. The van der Waals surface area contributed by atoms with Crippen LogP contribution in [-0.4, -0.2) is 34.3 Å². The van der Waals surface area contributed by atoms with Crippen LogP contribution < -0.4 is 5.32 Å². The molecule has 0 saturated carbocycles. The summed E-state index contributed by atoms with van der Waals surface area (Å²) in [6.07, 6.45) is 0.760. The van der Waals surface area contributed by atoms with Crippen LogP contribution in [0.1, 0.15) is 47.4 Å². The second-order valence-electron chi connectivity index (χ2n) is 8.82. The molecule has 3 aromatic rings. The maximum atomic E-state index is 13.6. The van der Waals surface area contributed by atoms with Crippen molar-refractivity contribution in [1.82, 2.24) is 9.80 Å². The van der Waals surface area contributed by atoms with Crippen LogP contribution in [0.15, 0.2) is 60.0 Å². The van der Waals surface area contributed by atoms with Crippen molar-refractivity contribution in [3.05, 3.63) is 87.1 Å². The summed E-state index contributed by atoms with van der Waals surface area (Å²) in [6, 6.07) is 17.6. The molecule has 180 valence electrons. The van der Waals surface area contributed by atoms with Gasteiger partial charge in [-0.05, 0) is 73.9 Å². The van der Waals surface area contributed by atoms with Gasteiger partial charge in [-0.2, -0.15) is 0 Å². The number of hydrogen-bond donors (Lipinski definition) is 1. The molecule has 1 N–H and O–H groups in total. The van der Waals surface area contributed by atoms with Crippen LogP contribution in [0.3, 0.4) is 0 Å². The monoisotopic (exact) mass is 477 g/mol. The molecule has 0 saturated heterocycles. The highest BCUT2D eigenvalue weighted by Crippen LogP contribution is 2.21. The third kappa shape index (κ3) is 6.48. The Balaban J connectivity index is 1.81. The predicted molar refractivity (Wildman–Crippen MR) is 141 cm³/mol. The Morgan fingerprint density at radius 2 is 1.68 bits per heavy atom. The van der Waals surface area contributed by atoms with Gasteiger partial charge in [0.1, 0.15) is 6.54 Å². The summed E-state index contributed by atoms with van der Waals surface area (Å²) in [4.78, 5) is 31.6. The first-order valence-electron chi connectivity index (χ1n) is 11.8. The summed E-state index contributed by atoms with van der Waals surface area (Å²) < 4.78 is 0. The molecule has 0 aliphatic carbocycles. The molecule has 2 aromatic carbocycles. The van der Waals surface area contributed by atoms with Crippen LogP contribution in [0, 0.1) is 20.8 Å². The predicted octanol–water partition coefficient (Wildman–Crippen LogP) is 6.53. The van der Waals surface area contributed by atoms with Gasteiger partial charge in [-0.1, -0.05) is 49.4 Å². The summed E-state index contributed by atoms with van der Waals surface area (Å²) in [7, 11) is 0. The van der Waals surface area contributed by atoms with E-state index in [9.17, 15) is 9.59 Å². The molecular weight excluding hydrogens is 442 g/mol. The summed E-state index contributed by atoms with van der Waals surface area (Å²) in [6.45, 7) is 11.2. The van der Waals surface area contributed by atoms with Crippen LogP contribution in [-0.2, 0) is 17.9 Å². The Morgan fingerprint density at radius 3 is 2.32 bits per heavy atom. The number of nitrogens with one attached hydrogen (secondary N) is 1. The van der Waals surface area contributed by atoms with Gasteiger partial charge < -0.3 is 15.1 Å². The topological polar surface area (TPSA) is 52.7 Å². The second-order valence-corrected chi connectivity index (χ2v) is 9.83. The molecule has 1 unspecified atom stereocenters. The van der Waals surface area contributed by atoms with E-state index in [-0.39, 0.29) is 24.5 Å². The Labute approximate surface area is 207 Å². The van der Waals surface area contributed by atoms with Crippen molar-refractivity contribution in [2.24, 2.45) is 0 Å². The Bertz CT molecular complexity index is 1110. The summed E-state index contributed by atoms with van der Waals surface area (Å²) in [5.74, 6) is -0.0620. The fraction of sp³-hybridized carbons (Fsp3) is 0.357. The standard InChI is InChI=1S/C28H35N3O2S/c1-6-22(4)31(28(33)29-25-14-10-11-20(2)23(25)5)19-27(32)30(17-24-12-8-7-9-13-24)18-26-21(3)15-16-34-26/h7-16,22H,6,17-19H2,1-5H3,(H,29,33). The number of anilines is 1. The van der Waals surface area contributed by atoms with E-state index in [1.807, 2.05) is 81.1 Å². The molecule has 1 heterocycles. The van der Waals surface area contributed by atoms with E-state index in [0.29, 0.717) is 13.1 Å². The van der Waals surface area contributed by atoms with Gasteiger partial charge in [0, 0.05) is 23.2 Å². The molecule has 0 fully saturated rings. The van der Waals surface area contributed by atoms with Gasteiger partial charge in [-0.3, -0.25) is 4.79 Å². The quantitative estimate of drug-likeness (QED) is 0.381. The lowest BCUT2D eigenvalue weighted by Crippen LogP contribution is -2.48. The number of rotatable bonds is 9. The lowest BCUT2D eigenvalue weighted by Gasteiger charge is -2.31. The summed E-state index contributed by atoms with van der Waals surface area (Å²) in [5.41, 5.74) is 5.18. The molecule has 34 heavy (non-hydrogen) atoms. The summed E-state index contributed by atoms with van der Waals surface area (Å²) >= 11 is 1.66. The number of carbonyl (C=O) groups is 2. The molecule has 0 aliphatic rings. The highest BCUT2D eigenvalue weighted by atomic mass is 32.1. The smallest absolute Gasteiger partial charge is 0.322 e. The van der Waals surface area contributed by atoms with Gasteiger partial charge in [-0.25, -0.2) is 4.79 Å². The Hall–Kier alpha value is -3.12. The minimum Gasteiger partial charge on any atom is -0.332 e. The van der Waals surface area contributed by atoms with Gasteiger partial charge in [0.25, 0.3) is 0 Å². The molecule has 0 bridgehead atoms. The summed E-state index contributed by atoms with van der Waals surface area (Å²) in [5, 5.41) is 5.09. The lowest BCUT2D eigenvalue weighted by molar-refractivity contribution is -0.133. The molecule has 0 aliphatic heterocycles. The minimum atomic E-state index is -0.247. The van der Waals surface area contributed by atoms with Crippen molar-refractivity contribution < 1.29 is 9.59 Å². The molecular formula is C28H35N3O2S. The van der Waals surface area contributed by atoms with Crippen molar-refractivity contribution in [2.75, 3.05) is 11.9 Å². The lowest BCUT2D eigenvalue weighted by atomic mass is 10.1. The number of amides is 3. The van der Waals surface area contributed by atoms with Gasteiger partial charge in [0.2, 0.25) is 5.91 Å². The van der Waals surface area contributed by atoms with Crippen molar-refractivity contribution in [2.45, 2.75) is 60.2 Å². The highest BCUT2D eigenvalue weighted by Gasteiger charge is 2.26.